The van der Waals surface area contributed by atoms with Crippen LogP contribution in [0.5, 0.6) is 6.01 Å². The summed E-state index contributed by atoms with van der Waals surface area (Å²) in [6, 6.07) is 3.81. The monoisotopic (exact) mass is 509 g/mol. The van der Waals surface area contributed by atoms with Gasteiger partial charge in [-0.25, -0.2) is 15.0 Å². The summed E-state index contributed by atoms with van der Waals surface area (Å²) < 4.78 is 11.2. The molecule has 188 valence electrons. The van der Waals surface area contributed by atoms with E-state index in [0.717, 1.165) is 43.9 Å². The van der Waals surface area contributed by atoms with Crippen LogP contribution < -0.4 is 20.3 Å². The predicted octanol–water partition coefficient (Wildman–Crippen LogP) is 2.54. The number of piperidine rings is 1. The molecule has 0 aromatic carbocycles. The molecular formula is C24H27N7O4S. The van der Waals surface area contributed by atoms with Crippen molar-refractivity contribution in [2.24, 2.45) is 0 Å². The quantitative estimate of drug-likeness (QED) is 0.493. The van der Waals surface area contributed by atoms with Crippen LogP contribution >= 0.6 is 11.3 Å². The number of nitrogens with one attached hydrogen (secondary N) is 2. The van der Waals surface area contributed by atoms with Crippen molar-refractivity contribution in [2.45, 2.75) is 37.8 Å². The molecule has 5 heterocycles. The summed E-state index contributed by atoms with van der Waals surface area (Å²) in [5, 5.41) is 8.34. The molecule has 0 unspecified atom stereocenters. The first-order valence-corrected chi connectivity index (χ1v) is 12.8. The summed E-state index contributed by atoms with van der Waals surface area (Å²) in [5.74, 6) is -0.640. The molecule has 2 amide bonds. The van der Waals surface area contributed by atoms with Crippen LogP contribution in [0.1, 0.15) is 46.5 Å². The number of carbonyl (C=O) groups is 2. The molecule has 2 aliphatic heterocycles. The minimum Gasteiger partial charge on any atom is -0.460 e. The number of rotatable bonds is 7. The van der Waals surface area contributed by atoms with E-state index in [2.05, 4.69) is 35.5 Å². The Morgan fingerprint density at radius 2 is 1.83 bits per heavy atom. The van der Waals surface area contributed by atoms with Crippen LogP contribution in [0.4, 0.5) is 10.8 Å². The van der Waals surface area contributed by atoms with Gasteiger partial charge in [-0.1, -0.05) is 0 Å². The van der Waals surface area contributed by atoms with E-state index in [0.29, 0.717) is 36.2 Å². The third-order valence-corrected chi connectivity index (χ3v) is 7.02. The molecule has 0 atom stereocenters. The third kappa shape index (κ3) is 5.94. The fourth-order valence-corrected chi connectivity index (χ4v) is 5.01. The first-order chi connectivity index (χ1) is 17.7. The van der Waals surface area contributed by atoms with Gasteiger partial charge in [0, 0.05) is 75.4 Å². The molecule has 0 saturated carbocycles. The van der Waals surface area contributed by atoms with Crippen LogP contribution in [-0.2, 0) is 4.74 Å². The lowest BCUT2D eigenvalue weighted by molar-refractivity contribution is 0.0696. The predicted molar refractivity (Wildman–Crippen MR) is 134 cm³/mol. The summed E-state index contributed by atoms with van der Waals surface area (Å²) in [7, 11) is 0. The Kier molecular flexibility index (Phi) is 7.62. The van der Waals surface area contributed by atoms with Gasteiger partial charge in [0.15, 0.2) is 5.13 Å². The van der Waals surface area contributed by atoms with Gasteiger partial charge in [0.1, 0.15) is 11.8 Å². The van der Waals surface area contributed by atoms with Crippen LogP contribution in [0.15, 0.2) is 42.3 Å². The van der Waals surface area contributed by atoms with Gasteiger partial charge in [-0.2, -0.15) is 0 Å². The number of anilines is 2. The lowest BCUT2D eigenvalue weighted by Crippen LogP contribution is -2.39. The van der Waals surface area contributed by atoms with Crippen molar-refractivity contribution in [2.75, 3.05) is 36.5 Å². The topological polar surface area (TPSA) is 131 Å². The fourth-order valence-electron chi connectivity index (χ4n) is 4.15. The van der Waals surface area contributed by atoms with Gasteiger partial charge in [0.05, 0.1) is 11.3 Å². The summed E-state index contributed by atoms with van der Waals surface area (Å²) >= 11 is 1.42. The number of ether oxygens (including phenoxy) is 2. The second-order valence-electron chi connectivity index (χ2n) is 8.59. The lowest BCUT2D eigenvalue weighted by Gasteiger charge is -2.31. The van der Waals surface area contributed by atoms with Gasteiger partial charge in [0.25, 0.3) is 11.8 Å². The van der Waals surface area contributed by atoms with Crippen molar-refractivity contribution in [1.82, 2.24) is 25.3 Å². The molecule has 2 aliphatic rings. The zero-order chi connectivity index (χ0) is 24.7. The Morgan fingerprint density at radius 1 is 1.06 bits per heavy atom. The van der Waals surface area contributed by atoms with E-state index in [1.807, 2.05) is 0 Å². The Bertz CT molecular complexity index is 1180. The molecule has 3 aromatic rings. The summed E-state index contributed by atoms with van der Waals surface area (Å²) in [5.41, 5.74) is 1.02. The number of hydrogen-bond acceptors (Lipinski definition) is 10. The van der Waals surface area contributed by atoms with Crippen molar-refractivity contribution in [1.29, 1.82) is 0 Å². The fraction of sp³-hybridized carbons (Fsp3) is 0.417. The first kappa shape index (κ1) is 24.1. The van der Waals surface area contributed by atoms with Gasteiger partial charge >= 0.3 is 6.01 Å². The Morgan fingerprint density at radius 3 is 2.61 bits per heavy atom. The highest BCUT2D eigenvalue weighted by Gasteiger charge is 2.25. The van der Waals surface area contributed by atoms with E-state index in [9.17, 15) is 9.59 Å². The van der Waals surface area contributed by atoms with Crippen LogP contribution in [0.25, 0.3) is 0 Å². The summed E-state index contributed by atoms with van der Waals surface area (Å²) in [4.78, 5) is 44.8. The molecule has 2 N–H and O–H groups in total. The Balaban J connectivity index is 1.17. The molecular weight excluding hydrogens is 482 g/mol. The molecule has 0 radical (unpaired) electrons. The molecule has 0 bridgehead atoms. The van der Waals surface area contributed by atoms with Crippen molar-refractivity contribution in [3.8, 4) is 6.01 Å². The minimum atomic E-state index is -0.372. The molecule has 5 rings (SSSR count). The lowest BCUT2D eigenvalue weighted by atomic mass is 10.1. The largest absolute Gasteiger partial charge is 0.460 e. The number of aromatic nitrogens is 4. The first-order valence-electron chi connectivity index (χ1n) is 11.9. The maximum atomic E-state index is 12.9. The second-order valence-corrected chi connectivity index (χ2v) is 9.42. The van der Waals surface area contributed by atoms with Gasteiger partial charge in [0.2, 0.25) is 0 Å². The van der Waals surface area contributed by atoms with Crippen molar-refractivity contribution < 1.29 is 19.1 Å². The van der Waals surface area contributed by atoms with Gasteiger partial charge in [-0.15, -0.1) is 11.3 Å². The highest BCUT2D eigenvalue weighted by atomic mass is 32.1. The van der Waals surface area contributed by atoms with E-state index in [4.69, 9.17) is 9.47 Å². The van der Waals surface area contributed by atoms with Crippen LogP contribution in [0.3, 0.4) is 0 Å². The number of nitrogens with zero attached hydrogens (tertiary/aromatic N) is 5. The molecule has 0 aliphatic carbocycles. The van der Waals surface area contributed by atoms with Crippen LogP contribution in [-0.4, -0.2) is 70.2 Å². The molecule has 11 nitrogen and oxygen atoms in total. The maximum Gasteiger partial charge on any atom is 0.316 e. The zero-order valence-corrected chi connectivity index (χ0v) is 20.4. The average Bonchev–Trinajstić information content (AvgIpc) is 3.41. The Labute approximate surface area is 212 Å². The highest BCUT2D eigenvalue weighted by molar-refractivity contribution is 7.14. The smallest absolute Gasteiger partial charge is 0.316 e. The minimum absolute atomic E-state index is 0.0452. The van der Waals surface area contributed by atoms with E-state index >= 15 is 0 Å². The van der Waals surface area contributed by atoms with Gasteiger partial charge in [-0.3, -0.25) is 14.6 Å². The summed E-state index contributed by atoms with van der Waals surface area (Å²) in [6.45, 7) is 2.76. The van der Waals surface area contributed by atoms with Crippen LogP contribution in [0, 0.1) is 0 Å². The number of thiazole rings is 1. The van der Waals surface area contributed by atoms with E-state index in [-0.39, 0.29) is 24.0 Å². The van der Waals surface area contributed by atoms with Crippen molar-refractivity contribution in [3.05, 3.63) is 53.6 Å². The number of amides is 2. The van der Waals surface area contributed by atoms with E-state index in [1.165, 1.54) is 17.5 Å². The number of pyridine rings is 1. The highest BCUT2D eigenvalue weighted by Crippen LogP contribution is 2.26. The van der Waals surface area contributed by atoms with E-state index < -0.39 is 0 Å². The molecule has 36 heavy (non-hydrogen) atoms. The molecule has 3 aromatic heterocycles. The van der Waals surface area contributed by atoms with Gasteiger partial charge < -0.3 is 25.0 Å². The van der Waals surface area contributed by atoms with Crippen LogP contribution in [0.2, 0.25) is 0 Å². The SMILES string of the molecule is O=C(Nc1ccncc1C(=O)NC1CCOCC1)c1csc(N2CCC(Oc3ncccn3)CC2)n1. The summed E-state index contributed by atoms with van der Waals surface area (Å²) in [6.07, 6.45) is 9.51. The third-order valence-electron chi connectivity index (χ3n) is 6.12. The van der Waals surface area contributed by atoms with Crippen molar-refractivity contribution in [3.63, 3.8) is 0 Å². The van der Waals surface area contributed by atoms with Crippen molar-refractivity contribution >= 4 is 34.0 Å². The Hall–Kier alpha value is -3.64. The number of hydrogen-bond donors (Lipinski definition) is 2. The standard InChI is InChI=1S/C24H27N7O4S/c32-21(28-16-5-12-34-13-6-16)18-14-25-9-2-19(18)29-22(33)20-15-36-24(30-20)31-10-3-17(4-11-31)35-23-26-7-1-8-27-23/h1-2,7-9,14-17H,3-6,10-13H2,(H,28,32)(H,25,29,33). The zero-order valence-electron chi connectivity index (χ0n) is 19.6. The van der Waals surface area contributed by atoms with Gasteiger partial charge in [-0.05, 0) is 25.0 Å². The molecule has 2 saturated heterocycles. The van der Waals surface area contributed by atoms with E-state index in [1.54, 1.807) is 36.1 Å². The molecule has 12 heteroatoms. The maximum absolute atomic E-state index is 12.9. The second kappa shape index (κ2) is 11.4. The molecule has 2 fully saturated rings. The molecule has 0 spiro atoms. The average molecular weight is 510 g/mol. The normalized spacial score (nSPS) is 16.9. The number of carbonyl (C=O) groups excluding carboxylic acids is 2.